The highest BCUT2D eigenvalue weighted by molar-refractivity contribution is 7.92. The van der Waals surface area contributed by atoms with Crippen LogP contribution in [0.4, 0.5) is 18.9 Å². The normalized spacial score (nSPS) is 13.9. The molecule has 4 heterocycles. The van der Waals surface area contributed by atoms with Crippen molar-refractivity contribution in [1.82, 2.24) is 15.0 Å². The topological polar surface area (TPSA) is 143 Å². The molecule has 0 atom stereocenters. The third-order valence-corrected chi connectivity index (χ3v) is 10.1. The van der Waals surface area contributed by atoms with Gasteiger partial charge in [0.15, 0.2) is 0 Å². The van der Waals surface area contributed by atoms with Crippen LogP contribution in [0.25, 0.3) is 33.6 Å². The van der Waals surface area contributed by atoms with Crippen molar-refractivity contribution in [2.45, 2.75) is 38.3 Å². The number of sulfonamides is 1. The summed E-state index contributed by atoms with van der Waals surface area (Å²) in [4.78, 5) is 29.8. The summed E-state index contributed by atoms with van der Waals surface area (Å²) in [6, 6.07) is 19.3. The van der Waals surface area contributed by atoms with E-state index in [1.54, 1.807) is 34.8 Å². The first-order chi connectivity index (χ1) is 23.2. The maximum Gasteiger partial charge on any atom is 0.490 e. The quantitative estimate of drug-likeness (QED) is 0.168. The molecular formula is C33H31F3N4O6S3. The number of hydrogen-bond acceptors (Lipinski definition) is 9. The van der Waals surface area contributed by atoms with Crippen molar-refractivity contribution in [3.05, 3.63) is 87.1 Å². The third kappa shape index (κ3) is 9.33. The fraction of sp³-hybridized carbons (Fsp3) is 0.273. The molecule has 6 rings (SSSR count). The number of piperidine rings is 1. The molecule has 1 aliphatic rings. The van der Waals surface area contributed by atoms with Crippen molar-refractivity contribution in [3.8, 4) is 33.6 Å². The average molecular weight is 733 g/mol. The lowest BCUT2D eigenvalue weighted by Crippen LogP contribution is -2.38. The fourth-order valence-electron chi connectivity index (χ4n) is 5.30. The maximum absolute atomic E-state index is 12.7. The van der Waals surface area contributed by atoms with E-state index in [-0.39, 0.29) is 5.91 Å². The Hall–Kier alpha value is -4.54. The smallest absolute Gasteiger partial charge is 0.475 e. The zero-order valence-corrected chi connectivity index (χ0v) is 28.7. The first-order valence-corrected chi connectivity index (χ1v) is 18.5. The number of halogens is 3. The van der Waals surface area contributed by atoms with Crippen molar-refractivity contribution in [2.24, 2.45) is 0 Å². The first-order valence-electron chi connectivity index (χ1n) is 14.9. The van der Waals surface area contributed by atoms with Gasteiger partial charge in [-0.05, 0) is 60.5 Å². The molecule has 1 amide bonds. The standard InChI is InChI=1S/C31H30N4O4S3.C2HF3O2/c1-20-29(27-19-41-31(32-27)22-12-14-35(15-13-22)28(36)18-26-7-4-16-40-26)30(33-39-20)24-6-3-5-23(17-24)21-8-10-25(11-9-21)34-42(2,37)38;3-2(4,5)1(6)7/h3-11,16-17,19,22,34H,12-15,18H2,1-2H3;(H,6,7). The van der Waals surface area contributed by atoms with Crippen LogP contribution >= 0.6 is 22.7 Å². The Morgan fingerprint density at radius 3 is 2.31 bits per heavy atom. The molecule has 0 bridgehead atoms. The number of aromatic nitrogens is 2. The van der Waals surface area contributed by atoms with E-state index in [4.69, 9.17) is 19.4 Å². The number of nitrogens with one attached hydrogen (secondary N) is 1. The van der Waals surface area contributed by atoms with Gasteiger partial charge in [-0.1, -0.05) is 41.6 Å². The van der Waals surface area contributed by atoms with Gasteiger partial charge in [0.1, 0.15) is 11.5 Å². The van der Waals surface area contributed by atoms with Crippen LogP contribution < -0.4 is 4.72 Å². The number of carbonyl (C=O) groups is 2. The number of aryl methyl sites for hydroxylation is 1. The molecule has 0 radical (unpaired) electrons. The van der Waals surface area contributed by atoms with Gasteiger partial charge in [0.2, 0.25) is 15.9 Å². The lowest BCUT2D eigenvalue weighted by atomic mass is 9.97. The number of aliphatic carboxylic acids is 1. The van der Waals surface area contributed by atoms with Crippen LogP contribution in [0, 0.1) is 6.92 Å². The zero-order chi connectivity index (χ0) is 35.3. The number of alkyl halides is 3. The van der Waals surface area contributed by atoms with Gasteiger partial charge in [0.25, 0.3) is 0 Å². The van der Waals surface area contributed by atoms with Crippen LogP contribution in [0.1, 0.15) is 34.4 Å². The summed E-state index contributed by atoms with van der Waals surface area (Å²) in [5, 5.41) is 16.7. The van der Waals surface area contributed by atoms with Crippen molar-refractivity contribution in [3.63, 3.8) is 0 Å². The summed E-state index contributed by atoms with van der Waals surface area (Å²) in [6.07, 6.45) is -1.67. The molecule has 1 saturated heterocycles. The molecule has 0 spiro atoms. The van der Waals surface area contributed by atoms with E-state index in [1.807, 2.05) is 59.7 Å². The number of rotatable bonds is 8. The SMILES string of the molecule is Cc1onc(-c2cccc(-c3ccc(NS(C)(=O)=O)cc3)c2)c1-c1csc(C2CCN(C(=O)Cc3cccs3)CC2)n1.O=C(O)C(F)(F)F. The number of anilines is 1. The minimum Gasteiger partial charge on any atom is -0.475 e. The highest BCUT2D eigenvalue weighted by Crippen LogP contribution is 2.39. The molecule has 16 heteroatoms. The van der Waals surface area contributed by atoms with E-state index in [0.717, 1.165) is 75.7 Å². The predicted molar refractivity (Wildman–Crippen MR) is 182 cm³/mol. The monoisotopic (exact) mass is 732 g/mol. The molecule has 3 aromatic heterocycles. The van der Waals surface area contributed by atoms with Gasteiger partial charge in [-0.25, -0.2) is 18.2 Å². The number of carboxylic acid groups (broad SMARTS) is 1. The van der Waals surface area contributed by atoms with Crippen molar-refractivity contribution < 1.29 is 40.8 Å². The van der Waals surface area contributed by atoms with E-state index in [1.165, 1.54) is 0 Å². The summed E-state index contributed by atoms with van der Waals surface area (Å²) >= 11 is 3.28. The van der Waals surface area contributed by atoms with Crippen LogP contribution in [0.15, 0.2) is 75.9 Å². The molecule has 0 unspecified atom stereocenters. The van der Waals surface area contributed by atoms with Gasteiger partial charge >= 0.3 is 12.1 Å². The molecule has 5 aromatic rings. The Kier molecular flexibility index (Phi) is 10.9. The minimum atomic E-state index is -5.08. The van der Waals surface area contributed by atoms with Crippen LogP contribution in [-0.4, -0.2) is 66.0 Å². The van der Waals surface area contributed by atoms with Gasteiger partial charge in [0.05, 0.1) is 28.9 Å². The number of amides is 1. The van der Waals surface area contributed by atoms with Crippen molar-refractivity contribution in [2.75, 3.05) is 24.1 Å². The van der Waals surface area contributed by atoms with Crippen molar-refractivity contribution in [1.29, 1.82) is 0 Å². The molecule has 49 heavy (non-hydrogen) atoms. The van der Waals surface area contributed by atoms with Gasteiger partial charge in [-0.2, -0.15) is 13.2 Å². The number of carbonyl (C=O) groups excluding carboxylic acids is 1. The van der Waals surface area contributed by atoms with E-state index < -0.39 is 22.2 Å². The Morgan fingerprint density at radius 1 is 1.02 bits per heavy atom. The minimum absolute atomic E-state index is 0.198. The summed E-state index contributed by atoms with van der Waals surface area (Å²) in [5.41, 5.74) is 5.81. The first kappa shape index (κ1) is 35.8. The lowest BCUT2D eigenvalue weighted by Gasteiger charge is -2.31. The predicted octanol–water partition coefficient (Wildman–Crippen LogP) is 7.46. The summed E-state index contributed by atoms with van der Waals surface area (Å²) in [5.74, 6) is -1.53. The number of carboxylic acids is 1. The molecule has 2 aromatic carbocycles. The molecule has 258 valence electrons. The fourth-order valence-corrected chi connectivity index (χ4v) is 7.54. The number of hydrogen-bond donors (Lipinski definition) is 2. The summed E-state index contributed by atoms with van der Waals surface area (Å²) < 4.78 is 63.0. The van der Waals surface area contributed by atoms with Crippen LogP contribution in [0.2, 0.25) is 0 Å². The second kappa shape index (κ2) is 14.9. The lowest BCUT2D eigenvalue weighted by molar-refractivity contribution is -0.192. The average Bonchev–Trinajstić information content (AvgIpc) is 3.82. The molecule has 10 nitrogen and oxygen atoms in total. The summed E-state index contributed by atoms with van der Waals surface area (Å²) in [7, 11) is -3.34. The molecule has 0 aliphatic carbocycles. The van der Waals surface area contributed by atoms with Crippen LogP contribution in [0.5, 0.6) is 0 Å². The Morgan fingerprint density at radius 2 is 1.69 bits per heavy atom. The molecule has 1 fully saturated rings. The number of thiazole rings is 1. The molecule has 0 saturated carbocycles. The largest absolute Gasteiger partial charge is 0.490 e. The van der Waals surface area contributed by atoms with Gasteiger partial charge < -0.3 is 14.5 Å². The highest BCUT2D eigenvalue weighted by atomic mass is 32.2. The Balaban J connectivity index is 0.000000606. The Bertz CT molecular complexity index is 2020. The van der Waals surface area contributed by atoms with Crippen LogP contribution in [-0.2, 0) is 26.0 Å². The zero-order valence-electron chi connectivity index (χ0n) is 26.2. The number of thiophene rings is 1. The number of benzene rings is 2. The second-order valence-electron chi connectivity index (χ2n) is 11.3. The van der Waals surface area contributed by atoms with Gasteiger partial charge in [-0.3, -0.25) is 9.52 Å². The number of nitrogens with zero attached hydrogens (tertiary/aromatic N) is 3. The third-order valence-electron chi connectivity index (χ3n) is 7.64. The molecule has 1 aliphatic heterocycles. The van der Waals surface area contributed by atoms with Crippen LogP contribution in [0.3, 0.4) is 0 Å². The molecular weight excluding hydrogens is 702 g/mol. The highest BCUT2D eigenvalue weighted by Gasteiger charge is 2.38. The van der Waals surface area contributed by atoms with Gasteiger partial charge in [0, 0.05) is 40.5 Å². The Labute approximate surface area is 288 Å². The molecule has 2 N–H and O–H groups in total. The number of likely N-dealkylation sites (tertiary alicyclic amines) is 1. The van der Waals surface area contributed by atoms with Crippen molar-refractivity contribution >= 4 is 50.3 Å². The maximum atomic E-state index is 12.7. The van der Waals surface area contributed by atoms with Gasteiger partial charge in [-0.15, -0.1) is 22.7 Å². The van der Waals surface area contributed by atoms with E-state index in [2.05, 4.69) is 21.3 Å². The second-order valence-corrected chi connectivity index (χ2v) is 15.0. The van der Waals surface area contributed by atoms with E-state index >= 15 is 0 Å². The summed E-state index contributed by atoms with van der Waals surface area (Å²) in [6.45, 7) is 3.40. The van der Waals surface area contributed by atoms with E-state index in [0.29, 0.717) is 23.8 Å². The van der Waals surface area contributed by atoms with E-state index in [9.17, 15) is 26.4 Å².